The van der Waals surface area contributed by atoms with Crippen LogP contribution in [0, 0.1) is 17.8 Å². The molecular formula is C16H27NS. The maximum absolute atomic E-state index is 5.96. The van der Waals surface area contributed by atoms with Crippen molar-refractivity contribution < 1.29 is 0 Å². The van der Waals surface area contributed by atoms with E-state index in [4.69, 9.17) is 5.73 Å². The molecule has 2 heteroatoms. The smallest absolute Gasteiger partial charge is 0.00453 e. The lowest BCUT2D eigenvalue weighted by molar-refractivity contribution is 0.168. The molecule has 1 aromatic heterocycles. The Balaban J connectivity index is 1.85. The molecule has 102 valence electrons. The van der Waals surface area contributed by atoms with Gasteiger partial charge in [-0.25, -0.2) is 0 Å². The van der Waals surface area contributed by atoms with E-state index in [0.717, 1.165) is 24.3 Å². The van der Waals surface area contributed by atoms with Gasteiger partial charge >= 0.3 is 0 Å². The van der Waals surface area contributed by atoms with Crippen LogP contribution in [0.1, 0.15) is 50.3 Å². The average molecular weight is 265 g/mol. The number of nitrogens with two attached hydrogens (primary N) is 1. The summed E-state index contributed by atoms with van der Waals surface area (Å²) in [6.07, 6.45) is 9.60. The van der Waals surface area contributed by atoms with E-state index in [1.54, 1.807) is 4.88 Å². The first-order valence-corrected chi connectivity index (χ1v) is 8.43. The van der Waals surface area contributed by atoms with Gasteiger partial charge in [0.25, 0.3) is 0 Å². The Labute approximate surface area is 116 Å². The van der Waals surface area contributed by atoms with E-state index in [9.17, 15) is 0 Å². The molecule has 1 aromatic rings. The molecule has 0 aromatic carbocycles. The van der Waals surface area contributed by atoms with Crippen LogP contribution < -0.4 is 5.73 Å². The van der Waals surface area contributed by atoms with Crippen LogP contribution in [0.25, 0.3) is 0 Å². The summed E-state index contributed by atoms with van der Waals surface area (Å²) in [5.74, 6) is 2.65. The number of hydrogen-bond acceptors (Lipinski definition) is 2. The Morgan fingerprint density at radius 1 is 1.28 bits per heavy atom. The third-order valence-electron chi connectivity index (χ3n) is 4.59. The Bertz CT molecular complexity index is 320. The zero-order chi connectivity index (χ0) is 12.8. The lowest BCUT2D eigenvalue weighted by atomic mass is 9.71. The van der Waals surface area contributed by atoms with E-state index in [0.29, 0.717) is 0 Å². The summed E-state index contributed by atoms with van der Waals surface area (Å²) in [6.45, 7) is 3.21. The molecule has 1 nitrogen and oxygen atoms in total. The minimum Gasteiger partial charge on any atom is -0.330 e. The summed E-state index contributed by atoms with van der Waals surface area (Å²) in [5.41, 5.74) is 5.96. The molecule has 1 heterocycles. The molecule has 18 heavy (non-hydrogen) atoms. The largest absolute Gasteiger partial charge is 0.330 e. The number of thiophene rings is 1. The van der Waals surface area contributed by atoms with Crippen LogP contribution in [-0.4, -0.2) is 6.54 Å². The third-order valence-corrected chi connectivity index (χ3v) is 5.53. The zero-order valence-corrected chi connectivity index (χ0v) is 12.4. The molecule has 2 N–H and O–H groups in total. The molecule has 0 saturated heterocycles. The minimum absolute atomic E-state index is 0.790. The maximum Gasteiger partial charge on any atom is 0.00453 e. The number of aryl methyl sites for hydroxylation is 1. The van der Waals surface area contributed by atoms with Gasteiger partial charge in [-0.15, -0.1) is 11.3 Å². The van der Waals surface area contributed by atoms with E-state index in [-0.39, 0.29) is 0 Å². The second-order valence-corrected chi connectivity index (χ2v) is 6.87. The molecule has 3 unspecified atom stereocenters. The van der Waals surface area contributed by atoms with Crippen LogP contribution >= 0.6 is 11.3 Å². The summed E-state index contributed by atoms with van der Waals surface area (Å²) in [4.78, 5) is 1.54. The van der Waals surface area contributed by atoms with E-state index in [1.165, 1.54) is 44.9 Å². The van der Waals surface area contributed by atoms with Crippen LogP contribution in [0.3, 0.4) is 0 Å². The standard InChI is InChI=1S/C16H27NS/c1-2-4-13-6-7-15(12-17)14(11-13)8-9-16-5-3-10-18-16/h3,5,10,13-15H,2,4,6-9,11-12,17H2,1H3. The van der Waals surface area contributed by atoms with Crippen LogP contribution in [0.4, 0.5) is 0 Å². The van der Waals surface area contributed by atoms with Crippen molar-refractivity contribution in [3.05, 3.63) is 22.4 Å². The molecule has 0 aliphatic heterocycles. The van der Waals surface area contributed by atoms with E-state index < -0.39 is 0 Å². The Hall–Kier alpha value is -0.340. The lowest BCUT2D eigenvalue weighted by Gasteiger charge is -2.35. The van der Waals surface area contributed by atoms with Crippen molar-refractivity contribution >= 4 is 11.3 Å². The summed E-state index contributed by atoms with van der Waals surface area (Å²) in [5, 5.41) is 2.19. The van der Waals surface area contributed by atoms with Crippen LogP contribution in [0.5, 0.6) is 0 Å². The van der Waals surface area contributed by atoms with Gasteiger partial charge in [-0.2, -0.15) is 0 Å². The van der Waals surface area contributed by atoms with Crippen molar-refractivity contribution in [1.29, 1.82) is 0 Å². The SMILES string of the molecule is CCCC1CCC(CN)C(CCc2cccs2)C1. The topological polar surface area (TPSA) is 26.0 Å². The molecule has 0 radical (unpaired) electrons. The highest BCUT2D eigenvalue weighted by molar-refractivity contribution is 7.09. The van der Waals surface area contributed by atoms with E-state index >= 15 is 0 Å². The van der Waals surface area contributed by atoms with Crippen molar-refractivity contribution in [2.75, 3.05) is 6.54 Å². The molecule has 0 spiro atoms. The summed E-state index contributed by atoms with van der Waals surface area (Å²) in [7, 11) is 0. The molecule has 1 saturated carbocycles. The van der Waals surface area contributed by atoms with Crippen molar-refractivity contribution in [3.63, 3.8) is 0 Å². The highest BCUT2D eigenvalue weighted by Gasteiger charge is 2.28. The van der Waals surface area contributed by atoms with Gasteiger partial charge < -0.3 is 5.73 Å². The molecule has 1 fully saturated rings. The van der Waals surface area contributed by atoms with Crippen LogP contribution in [0.15, 0.2) is 17.5 Å². The number of rotatable bonds is 6. The predicted octanol–water partition coefficient (Wildman–Crippen LogP) is 4.47. The molecule has 3 atom stereocenters. The van der Waals surface area contributed by atoms with Gasteiger partial charge in [0.05, 0.1) is 0 Å². The molecule has 2 rings (SSSR count). The van der Waals surface area contributed by atoms with Crippen molar-refractivity contribution in [1.82, 2.24) is 0 Å². The van der Waals surface area contributed by atoms with Gasteiger partial charge in [0.15, 0.2) is 0 Å². The first-order valence-electron chi connectivity index (χ1n) is 7.56. The fourth-order valence-corrected chi connectivity index (χ4v) is 4.27. The highest BCUT2D eigenvalue weighted by atomic mass is 32.1. The zero-order valence-electron chi connectivity index (χ0n) is 11.6. The predicted molar refractivity (Wildman–Crippen MR) is 80.9 cm³/mol. The Kier molecular flexibility index (Phi) is 5.71. The van der Waals surface area contributed by atoms with Gasteiger partial charge in [0.2, 0.25) is 0 Å². The van der Waals surface area contributed by atoms with E-state index in [1.807, 2.05) is 11.3 Å². The Morgan fingerprint density at radius 2 is 2.17 bits per heavy atom. The lowest BCUT2D eigenvalue weighted by Crippen LogP contribution is -2.30. The first kappa shape index (κ1) is 14.1. The number of hydrogen-bond donors (Lipinski definition) is 1. The van der Waals surface area contributed by atoms with E-state index in [2.05, 4.69) is 24.4 Å². The van der Waals surface area contributed by atoms with Gasteiger partial charge in [-0.05, 0) is 61.4 Å². The molecular weight excluding hydrogens is 238 g/mol. The maximum atomic E-state index is 5.96. The van der Waals surface area contributed by atoms with Gasteiger partial charge in [0, 0.05) is 4.88 Å². The van der Waals surface area contributed by atoms with Gasteiger partial charge in [-0.1, -0.05) is 32.3 Å². The van der Waals surface area contributed by atoms with Crippen molar-refractivity contribution in [2.24, 2.45) is 23.5 Å². The highest BCUT2D eigenvalue weighted by Crippen LogP contribution is 2.38. The van der Waals surface area contributed by atoms with Crippen LogP contribution in [-0.2, 0) is 6.42 Å². The monoisotopic (exact) mass is 265 g/mol. The second kappa shape index (κ2) is 7.30. The average Bonchev–Trinajstić information content (AvgIpc) is 2.90. The first-order chi connectivity index (χ1) is 8.83. The van der Waals surface area contributed by atoms with Crippen molar-refractivity contribution in [3.8, 4) is 0 Å². The molecule has 0 bridgehead atoms. The Morgan fingerprint density at radius 3 is 2.83 bits per heavy atom. The van der Waals surface area contributed by atoms with Crippen molar-refractivity contribution in [2.45, 2.75) is 51.9 Å². The van der Waals surface area contributed by atoms with Gasteiger partial charge in [-0.3, -0.25) is 0 Å². The second-order valence-electron chi connectivity index (χ2n) is 5.84. The molecule has 1 aliphatic carbocycles. The third kappa shape index (κ3) is 3.83. The minimum atomic E-state index is 0.790. The summed E-state index contributed by atoms with van der Waals surface area (Å²) < 4.78 is 0. The molecule has 0 amide bonds. The van der Waals surface area contributed by atoms with Gasteiger partial charge in [0.1, 0.15) is 0 Å². The van der Waals surface area contributed by atoms with Crippen LogP contribution in [0.2, 0.25) is 0 Å². The normalized spacial score (nSPS) is 28.4. The fraction of sp³-hybridized carbons (Fsp3) is 0.750. The summed E-state index contributed by atoms with van der Waals surface area (Å²) >= 11 is 1.90. The quantitative estimate of drug-likeness (QED) is 0.806. The summed E-state index contributed by atoms with van der Waals surface area (Å²) in [6, 6.07) is 4.44. The fourth-order valence-electron chi connectivity index (χ4n) is 3.54. The molecule has 1 aliphatic rings.